The number of ether oxygens (including phenoxy) is 1. The molecule has 158 valence electrons. The number of carbonyl (C=O) groups excluding carboxylic acids is 1. The highest BCUT2D eigenvalue weighted by atomic mass is 35.5. The van der Waals surface area contributed by atoms with E-state index in [1.807, 2.05) is 31.3 Å². The topological polar surface area (TPSA) is 45.3 Å². The van der Waals surface area contributed by atoms with Crippen molar-refractivity contribution >= 4 is 18.4 Å². The second-order valence-electron chi connectivity index (χ2n) is 7.65. The lowest BCUT2D eigenvalue weighted by atomic mass is 10.0. The summed E-state index contributed by atoms with van der Waals surface area (Å²) in [6, 6.07) is 1.94. The highest BCUT2D eigenvalue weighted by Crippen LogP contribution is 2.13. The van der Waals surface area contributed by atoms with Crippen molar-refractivity contribution in [1.82, 2.24) is 9.88 Å². The molecule has 1 rings (SSSR count). The zero-order valence-corrected chi connectivity index (χ0v) is 18.5. The van der Waals surface area contributed by atoms with Crippen LogP contribution < -0.4 is 0 Å². The molecule has 5 heteroatoms. The Bertz CT molecular complexity index is 475. The molecule has 27 heavy (non-hydrogen) atoms. The van der Waals surface area contributed by atoms with Crippen molar-refractivity contribution in [3.63, 3.8) is 0 Å². The zero-order valence-electron chi connectivity index (χ0n) is 17.7. The van der Waals surface area contributed by atoms with E-state index in [1.165, 1.54) is 76.2 Å². The van der Waals surface area contributed by atoms with E-state index >= 15 is 0 Å². The lowest BCUT2D eigenvalue weighted by Gasteiger charge is -2.09. The van der Waals surface area contributed by atoms with Crippen molar-refractivity contribution in [3.8, 4) is 0 Å². The van der Waals surface area contributed by atoms with Crippen molar-refractivity contribution < 1.29 is 9.53 Å². The number of halogens is 1. The number of nitrogens with one attached hydrogen (secondary N) is 1. The number of aromatic amines is 1. The van der Waals surface area contributed by atoms with E-state index < -0.39 is 0 Å². The van der Waals surface area contributed by atoms with Crippen LogP contribution in [0, 0.1) is 0 Å². The van der Waals surface area contributed by atoms with Crippen LogP contribution in [0.3, 0.4) is 0 Å². The maximum atomic E-state index is 11.9. The molecule has 0 aliphatic heterocycles. The molecule has 4 nitrogen and oxygen atoms in total. The lowest BCUT2D eigenvalue weighted by molar-refractivity contribution is 0.0476. The Hall–Kier alpha value is -1.00. The number of aryl methyl sites for hydroxylation is 1. The van der Waals surface area contributed by atoms with E-state index in [2.05, 4.69) is 11.9 Å². The first-order valence-corrected chi connectivity index (χ1v) is 10.6. The van der Waals surface area contributed by atoms with E-state index in [0.717, 1.165) is 13.0 Å². The molecule has 1 N–H and O–H groups in total. The molecule has 0 unspecified atom stereocenters. The van der Waals surface area contributed by atoms with Gasteiger partial charge < -0.3 is 14.6 Å². The third-order valence-corrected chi connectivity index (χ3v) is 4.80. The number of esters is 1. The van der Waals surface area contributed by atoms with Crippen LogP contribution in [-0.4, -0.2) is 43.1 Å². The maximum Gasteiger partial charge on any atom is 0.354 e. The van der Waals surface area contributed by atoms with Crippen LogP contribution in [0.4, 0.5) is 0 Å². The van der Waals surface area contributed by atoms with E-state index in [4.69, 9.17) is 4.74 Å². The van der Waals surface area contributed by atoms with Gasteiger partial charge in [-0.3, -0.25) is 0 Å². The predicted molar refractivity (Wildman–Crippen MR) is 117 cm³/mol. The number of hydrogen-bond acceptors (Lipinski definition) is 3. The van der Waals surface area contributed by atoms with Crippen LogP contribution in [0.5, 0.6) is 0 Å². The van der Waals surface area contributed by atoms with Gasteiger partial charge in [0.15, 0.2) is 0 Å². The van der Waals surface area contributed by atoms with Crippen LogP contribution >= 0.6 is 12.4 Å². The monoisotopic (exact) mass is 400 g/mol. The number of unbranched alkanes of at least 4 members (excludes halogenated alkanes) is 10. The molecule has 0 saturated carbocycles. The number of aromatic nitrogens is 1. The SMILES string of the molecule is CCCCCCCCCCCCCc1c[nH]c(C(=O)OCCN(C)C)c1.Cl. The fourth-order valence-electron chi connectivity index (χ4n) is 3.09. The molecule has 0 bridgehead atoms. The molecule has 0 amide bonds. The molecular weight excluding hydrogens is 360 g/mol. The van der Waals surface area contributed by atoms with E-state index in [-0.39, 0.29) is 18.4 Å². The van der Waals surface area contributed by atoms with Crippen molar-refractivity contribution in [2.24, 2.45) is 0 Å². The van der Waals surface area contributed by atoms with Crippen LogP contribution in [0.1, 0.15) is 93.6 Å². The molecular formula is C22H41ClN2O2. The van der Waals surface area contributed by atoms with Crippen LogP contribution in [-0.2, 0) is 11.2 Å². The minimum Gasteiger partial charge on any atom is -0.460 e. The number of rotatable bonds is 16. The van der Waals surface area contributed by atoms with Gasteiger partial charge in [-0.15, -0.1) is 12.4 Å². The third-order valence-electron chi connectivity index (χ3n) is 4.80. The van der Waals surface area contributed by atoms with Gasteiger partial charge in [-0.25, -0.2) is 4.79 Å². The van der Waals surface area contributed by atoms with Gasteiger partial charge in [-0.1, -0.05) is 71.1 Å². The molecule has 1 heterocycles. The Kier molecular flexibility index (Phi) is 16.5. The quantitative estimate of drug-likeness (QED) is 0.273. The average molecular weight is 401 g/mol. The van der Waals surface area contributed by atoms with Gasteiger partial charge in [0.2, 0.25) is 0 Å². The number of H-pyrrole nitrogens is 1. The zero-order chi connectivity index (χ0) is 19.0. The smallest absolute Gasteiger partial charge is 0.354 e. The number of likely N-dealkylation sites (N-methyl/N-ethyl adjacent to an activating group) is 1. The number of carbonyl (C=O) groups is 1. The fourth-order valence-corrected chi connectivity index (χ4v) is 3.09. The summed E-state index contributed by atoms with van der Waals surface area (Å²) in [4.78, 5) is 17.0. The Morgan fingerprint density at radius 3 is 2.07 bits per heavy atom. The molecule has 1 aromatic rings. The van der Waals surface area contributed by atoms with Gasteiger partial charge in [-0.2, -0.15) is 0 Å². The highest BCUT2D eigenvalue weighted by Gasteiger charge is 2.10. The van der Waals surface area contributed by atoms with Crippen LogP contribution in [0.25, 0.3) is 0 Å². The molecule has 0 aliphatic carbocycles. The summed E-state index contributed by atoms with van der Waals surface area (Å²) >= 11 is 0. The summed E-state index contributed by atoms with van der Waals surface area (Å²) in [7, 11) is 3.93. The van der Waals surface area contributed by atoms with Crippen LogP contribution in [0.15, 0.2) is 12.3 Å². The largest absolute Gasteiger partial charge is 0.460 e. The second-order valence-corrected chi connectivity index (χ2v) is 7.65. The molecule has 0 spiro atoms. The van der Waals surface area contributed by atoms with Crippen molar-refractivity contribution in [1.29, 1.82) is 0 Å². The normalized spacial score (nSPS) is 10.8. The Balaban J connectivity index is 0.00000676. The minimum atomic E-state index is -0.253. The maximum absolute atomic E-state index is 11.9. The van der Waals surface area contributed by atoms with Crippen LogP contribution in [0.2, 0.25) is 0 Å². The van der Waals surface area contributed by atoms with E-state index in [1.54, 1.807) is 0 Å². The summed E-state index contributed by atoms with van der Waals surface area (Å²) in [5.41, 5.74) is 1.78. The molecule has 0 radical (unpaired) electrons. The molecule has 0 aromatic carbocycles. The highest BCUT2D eigenvalue weighted by molar-refractivity contribution is 5.87. The predicted octanol–water partition coefficient (Wildman–Crippen LogP) is 6.01. The van der Waals surface area contributed by atoms with Gasteiger partial charge in [-0.05, 0) is 38.6 Å². The second kappa shape index (κ2) is 17.1. The molecule has 0 saturated heterocycles. The standard InChI is InChI=1S/C22H40N2O2.ClH/c1-4-5-6-7-8-9-10-11-12-13-14-15-20-18-21(23-19-20)22(25)26-17-16-24(2)3;/h18-19,23H,4-17H2,1-3H3;1H. The Labute approximate surface area is 172 Å². The van der Waals surface area contributed by atoms with Gasteiger partial charge >= 0.3 is 5.97 Å². The fraction of sp³-hybridized carbons (Fsp3) is 0.773. The van der Waals surface area contributed by atoms with Crippen molar-refractivity contribution in [2.45, 2.75) is 84.0 Å². The lowest BCUT2D eigenvalue weighted by Crippen LogP contribution is -2.20. The summed E-state index contributed by atoms with van der Waals surface area (Å²) in [5, 5.41) is 0. The first kappa shape index (κ1) is 26.0. The summed E-state index contributed by atoms with van der Waals surface area (Å²) < 4.78 is 5.25. The first-order valence-electron chi connectivity index (χ1n) is 10.6. The Morgan fingerprint density at radius 2 is 1.52 bits per heavy atom. The first-order chi connectivity index (χ1) is 12.6. The van der Waals surface area contributed by atoms with Gasteiger partial charge in [0.05, 0.1) is 0 Å². The molecule has 1 aromatic heterocycles. The number of hydrogen-bond donors (Lipinski definition) is 1. The molecule has 0 aliphatic rings. The minimum absolute atomic E-state index is 0. The van der Waals surface area contributed by atoms with Crippen molar-refractivity contribution in [3.05, 3.63) is 23.5 Å². The Morgan fingerprint density at radius 1 is 0.963 bits per heavy atom. The van der Waals surface area contributed by atoms with E-state index in [9.17, 15) is 4.79 Å². The summed E-state index contributed by atoms with van der Waals surface area (Å²) in [6.45, 7) is 3.45. The summed E-state index contributed by atoms with van der Waals surface area (Å²) in [6.07, 6.45) is 17.9. The molecule has 0 fully saturated rings. The van der Waals surface area contributed by atoms with Gasteiger partial charge in [0.25, 0.3) is 0 Å². The summed E-state index contributed by atoms with van der Waals surface area (Å²) in [5.74, 6) is -0.253. The number of nitrogens with zero attached hydrogens (tertiary/aromatic N) is 1. The third kappa shape index (κ3) is 13.8. The average Bonchev–Trinajstić information content (AvgIpc) is 3.08. The van der Waals surface area contributed by atoms with Crippen molar-refractivity contribution in [2.75, 3.05) is 27.2 Å². The van der Waals surface area contributed by atoms with Gasteiger partial charge in [0.1, 0.15) is 12.3 Å². The van der Waals surface area contributed by atoms with Gasteiger partial charge in [0, 0.05) is 12.7 Å². The van der Waals surface area contributed by atoms with E-state index in [0.29, 0.717) is 12.3 Å². The molecule has 0 atom stereocenters.